The van der Waals surface area contributed by atoms with Gasteiger partial charge in [-0.25, -0.2) is 0 Å². The van der Waals surface area contributed by atoms with E-state index in [1.165, 1.54) is 0 Å². The number of pyridine rings is 1. The average molecular weight is 398 g/mol. The predicted octanol–water partition coefficient (Wildman–Crippen LogP) is 2.96. The third-order valence-corrected chi connectivity index (χ3v) is 4.49. The Morgan fingerprint density at radius 2 is 1.85 bits per heavy atom. The van der Waals surface area contributed by atoms with Crippen LogP contribution in [0.5, 0.6) is 0 Å². The minimum Gasteiger partial charge on any atom is -0.381 e. The van der Waals surface area contributed by atoms with Gasteiger partial charge in [0.05, 0.1) is 6.04 Å². The molecule has 1 unspecified atom stereocenters. The van der Waals surface area contributed by atoms with Crippen LogP contribution in [0.3, 0.4) is 0 Å². The van der Waals surface area contributed by atoms with Crippen LogP contribution in [0.15, 0.2) is 48.8 Å². The largest absolute Gasteiger partial charge is 0.381 e. The van der Waals surface area contributed by atoms with Crippen molar-refractivity contribution in [2.75, 3.05) is 13.2 Å². The smallest absolute Gasteiger partial charge is 0.237 e. The van der Waals surface area contributed by atoms with Crippen molar-refractivity contribution in [2.45, 2.75) is 25.4 Å². The Bertz CT molecular complexity index is 662. The van der Waals surface area contributed by atoms with E-state index in [2.05, 4.69) is 10.3 Å². The Hall–Kier alpha value is -1.66. The molecular weight excluding hydrogens is 373 g/mol. The molecule has 5 nitrogen and oxygen atoms in total. The molecule has 1 aliphatic heterocycles. The van der Waals surface area contributed by atoms with Crippen LogP contribution in [0.25, 0.3) is 11.1 Å². The molecule has 1 saturated heterocycles. The maximum absolute atomic E-state index is 12.2. The maximum atomic E-state index is 12.2. The lowest BCUT2D eigenvalue weighted by Gasteiger charge is -2.26. The summed E-state index contributed by atoms with van der Waals surface area (Å²) in [4.78, 5) is 16.3. The zero-order chi connectivity index (χ0) is 16.8. The highest BCUT2D eigenvalue weighted by Gasteiger charge is 2.26. The molecule has 1 aliphatic rings. The van der Waals surface area contributed by atoms with E-state index in [0.717, 1.165) is 29.5 Å². The molecule has 1 fully saturated rings. The topological polar surface area (TPSA) is 77.2 Å². The van der Waals surface area contributed by atoms with Crippen molar-refractivity contribution in [3.05, 3.63) is 54.4 Å². The molecule has 0 aliphatic carbocycles. The summed E-state index contributed by atoms with van der Waals surface area (Å²) in [7, 11) is 0. The zero-order valence-electron chi connectivity index (χ0n) is 14.5. The molecule has 0 spiro atoms. The second kappa shape index (κ2) is 11.1. The standard InChI is InChI=1S/C19H23N3O2.2ClH/c20-18(16-7-10-24-11-8-16)19(23)22-12-14-3-5-15(6-4-14)17-2-1-9-21-13-17;;/h1-6,9,13,16,18H,7-8,10-12,20H2,(H,22,23);2*1H. The first-order valence-corrected chi connectivity index (χ1v) is 8.34. The highest BCUT2D eigenvalue weighted by atomic mass is 35.5. The van der Waals surface area contributed by atoms with E-state index in [0.29, 0.717) is 19.8 Å². The molecule has 7 heteroatoms. The number of nitrogens with one attached hydrogen (secondary N) is 1. The summed E-state index contributed by atoms with van der Waals surface area (Å²) in [5.74, 6) is 0.130. The zero-order valence-corrected chi connectivity index (χ0v) is 16.1. The van der Waals surface area contributed by atoms with Crippen molar-refractivity contribution < 1.29 is 9.53 Å². The van der Waals surface area contributed by atoms with Crippen LogP contribution in [0, 0.1) is 5.92 Å². The Morgan fingerprint density at radius 1 is 1.15 bits per heavy atom. The number of ether oxygens (including phenoxy) is 1. The molecular formula is C19H25Cl2N3O2. The van der Waals surface area contributed by atoms with Gasteiger partial charge in [-0.15, -0.1) is 24.8 Å². The van der Waals surface area contributed by atoms with Gasteiger partial charge in [-0.3, -0.25) is 9.78 Å². The summed E-state index contributed by atoms with van der Waals surface area (Å²) in [6.45, 7) is 1.88. The van der Waals surface area contributed by atoms with Crippen LogP contribution in [0.4, 0.5) is 0 Å². The van der Waals surface area contributed by atoms with E-state index in [1.807, 2.05) is 42.6 Å². The predicted molar refractivity (Wildman–Crippen MR) is 108 cm³/mol. The average Bonchev–Trinajstić information content (AvgIpc) is 2.67. The number of halogens is 2. The van der Waals surface area contributed by atoms with E-state index in [4.69, 9.17) is 10.5 Å². The van der Waals surface area contributed by atoms with Gasteiger partial charge in [-0.1, -0.05) is 30.3 Å². The third kappa shape index (κ3) is 5.95. The van der Waals surface area contributed by atoms with Crippen LogP contribution in [-0.4, -0.2) is 30.1 Å². The maximum Gasteiger partial charge on any atom is 0.237 e. The number of carbonyl (C=O) groups excluding carboxylic acids is 1. The first-order chi connectivity index (χ1) is 11.7. The normalized spacial score (nSPS) is 15.3. The molecule has 2 heterocycles. The van der Waals surface area contributed by atoms with Crippen molar-refractivity contribution in [3.63, 3.8) is 0 Å². The molecule has 1 amide bonds. The quantitative estimate of drug-likeness (QED) is 0.812. The Morgan fingerprint density at radius 3 is 2.46 bits per heavy atom. The molecule has 3 rings (SSSR count). The van der Waals surface area contributed by atoms with E-state index < -0.39 is 6.04 Å². The number of nitrogens with zero attached hydrogens (tertiary/aromatic N) is 1. The fourth-order valence-corrected chi connectivity index (χ4v) is 2.94. The molecule has 3 N–H and O–H groups in total. The van der Waals surface area contributed by atoms with Gasteiger partial charge in [0.15, 0.2) is 0 Å². The SMILES string of the molecule is Cl.Cl.NC(C(=O)NCc1ccc(-c2cccnc2)cc1)C1CCOCC1. The van der Waals surface area contributed by atoms with Gasteiger partial charge in [0.2, 0.25) is 5.91 Å². The number of carbonyl (C=O) groups is 1. The number of nitrogens with two attached hydrogens (primary N) is 1. The summed E-state index contributed by atoms with van der Waals surface area (Å²) >= 11 is 0. The van der Waals surface area contributed by atoms with Crippen molar-refractivity contribution in [2.24, 2.45) is 11.7 Å². The third-order valence-electron chi connectivity index (χ3n) is 4.49. The first-order valence-electron chi connectivity index (χ1n) is 8.34. The summed E-state index contributed by atoms with van der Waals surface area (Å²) < 4.78 is 5.31. The monoisotopic (exact) mass is 397 g/mol. The lowest BCUT2D eigenvalue weighted by molar-refractivity contribution is -0.124. The molecule has 0 bridgehead atoms. The highest BCUT2D eigenvalue weighted by Crippen LogP contribution is 2.19. The fraction of sp³-hybridized carbons (Fsp3) is 0.368. The molecule has 0 radical (unpaired) electrons. The number of hydrogen-bond acceptors (Lipinski definition) is 4. The minimum atomic E-state index is -0.455. The minimum absolute atomic E-state index is 0. The number of amides is 1. The fourth-order valence-electron chi connectivity index (χ4n) is 2.94. The van der Waals surface area contributed by atoms with E-state index in [-0.39, 0.29) is 36.6 Å². The second-order valence-electron chi connectivity index (χ2n) is 6.13. The van der Waals surface area contributed by atoms with Crippen molar-refractivity contribution >= 4 is 30.7 Å². The number of aromatic nitrogens is 1. The van der Waals surface area contributed by atoms with Gasteiger partial charge in [0.25, 0.3) is 0 Å². The van der Waals surface area contributed by atoms with Gasteiger partial charge in [0.1, 0.15) is 0 Å². The number of hydrogen-bond donors (Lipinski definition) is 2. The van der Waals surface area contributed by atoms with Crippen LogP contribution in [0.1, 0.15) is 18.4 Å². The van der Waals surface area contributed by atoms with E-state index >= 15 is 0 Å². The Balaban J connectivity index is 0.00000169. The van der Waals surface area contributed by atoms with Gasteiger partial charge >= 0.3 is 0 Å². The summed E-state index contributed by atoms with van der Waals surface area (Å²) in [6, 6.07) is 11.6. The van der Waals surface area contributed by atoms with Gasteiger partial charge < -0.3 is 15.8 Å². The van der Waals surface area contributed by atoms with Crippen molar-refractivity contribution in [1.82, 2.24) is 10.3 Å². The number of benzene rings is 1. The Kier molecular flexibility index (Phi) is 9.59. The summed E-state index contributed by atoms with van der Waals surface area (Å²) in [6.07, 6.45) is 5.31. The lowest BCUT2D eigenvalue weighted by atomic mass is 9.92. The second-order valence-corrected chi connectivity index (χ2v) is 6.13. The summed E-state index contributed by atoms with van der Waals surface area (Å²) in [5.41, 5.74) is 9.32. The van der Waals surface area contributed by atoms with Crippen molar-refractivity contribution in [1.29, 1.82) is 0 Å². The van der Waals surface area contributed by atoms with E-state index in [1.54, 1.807) is 6.20 Å². The Labute approximate surface area is 166 Å². The van der Waals surface area contributed by atoms with Gasteiger partial charge in [-0.2, -0.15) is 0 Å². The van der Waals surface area contributed by atoms with Crippen LogP contribution in [0.2, 0.25) is 0 Å². The van der Waals surface area contributed by atoms with Crippen LogP contribution in [-0.2, 0) is 16.1 Å². The molecule has 1 aromatic carbocycles. The van der Waals surface area contributed by atoms with Crippen molar-refractivity contribution in [3.8, 4) is 11.1 Å². The van der Waals surface area contributed by atoms with E-state index in [9.17, 15) is 4.79 Å². The highest BCUT2D eigenvalue weighted by molar-refractivity contribution is 5.85. The lowest BCUT2D eigenvalue weighted by Crippen LogP contribution is -2.46. The molecule has 1 aromatic heterocycles. The number of rotatable bonds is 5. The molecule has 26 heavy (non-hydrogen) atoms. The van der Waals surface area contributed by atoms with Crippen LogP contribution >= 0.6 is 24.8 Å². The summed E-state index contributed by atoms with van der Waals surface area (Å²) in [5, 5.41) is 2.94. The molecule has 142 valence electrons. The van der Waals surface area contributed by atoms with Gasteiger partial charge in [0, 0.05) is 32.2 Å². The molecule has 0 saturated carbocycles. The first kappa shape index (κ1) is 22.4. The molecule has 1 atom stereocenters. The molecule has 2 aromatic rings. The van der Waals surface area contributed by atoms with Gasteiger partial charge in [-0.05, 0) is 41.5 Å². The van der Waals surface area contributed by atoms with Crippen LogP contribution < -0.4 is 11.1 Å².